The molecule has 3 N–H and O–H groups in total. The molecule has 0 aliphatic rings. The summed E-state index contributed by atoms with van der Waals surface area (Å²) in [7, 11) is 0. The van der Waals surface area contributed by atoms with Crippen molar-refractivity contribution in [2.45, 2.75) is 0 Å². The molecular formula is C14H10N4O3. The van der Waals surface area contributed by atoms with Gasteiger partial charge < -0.3 is 10.8 Å². The summed E-state index contributed by atoms with van der Waals surface area (Å²) in [6, 6.07) is 8.50. The van der Waals surface area contributed by atoms with E-state index >= 15 is 0 Å². The van der Waals surface area contributed by atoms with Gasteiger partial charge in [-0.3, -0.25) is 4.79 Å². The van der Waals surface area contributed by atoms with Crippen molar-refractivity contribution in [2.24, 2.45) is 5.73 Å². The van der Waals surface area contributed by atoms with Gasteiger partial charge in [-0.25, -0.2) is 14.5 Å². The van der Waals surface area contributed by atoms with E-state index in [0.29, 0.717) is 11.2 Å². The predicted molar refractivity (Wildman–Crippen MR) is 74.3 cm³/mol. The number of hydrogen-bond acceptors (Lipinski definition) is 4. The molecule has 0 saturated heterocycles. The fourth-order valence-corrected chi connectivity index (χ4v) is 2.04. The summed E-state index contributed by atoms with van der Waals surface area (Å²) < 4.78 is 1.41. The number of carboxylic acid groups (broad SMARTS) is 1. The van der Waals surface area contributed by atoms with Crippen molar-refractivity contribution >= 4 is 22.8 Å². The fraction of sp³-hybridized carbons (Fsp3) is 0. The second kappa shape index (κ2) is 4.71. The molecule has 104 valence electrons. The molecule has 7 heteroatoms. The van der Waals surface area contributed by atoms with E-state index in [-0.39, 0.29) is 11.3 Å². The van der Waals surface area contributed by atoms with Crippen molar-refractivity contribution in [3.05, 3.63) is 54.0 Å². The maximum Gasteiger partial charge on any atom is 0.354 e. The molecule has 3 aromatic rings. The molecule has 2 aromatic heterocycles. The maximum atomic E-state index is 11.2. The van der Waals surface area contributed by atoms with E-state index in [1.807, 2.05) is 6.07 Å². The molecule has 0 radical (unpaired) electrons. The molecule has 1 amide bonds. The van der Waals surface area contributed by atoms with Gasteiger partial charge in [-0.2, -0.15) is 5.10 Å². The molecule has 0 saturated carbocycles. The normalized spacial score (nSPS) is 10.7. The number of nitrogens with two attached hydrogens (primary N) is 1. The Kier molecular flexibility index (Phi) is 2.87. The van der Waals surface area contributed by atoms with Gasteiger partial charge in [0.25, 0.3) is 5.91 Å². The summed E-state index contributed by atoms with van der Waals surface area (Å²) in [5, 5.41) is 13.9. The number of aromatic nitrogens is 3. The number of carbonyl (C=O) groups is 2. The van der Waals surface area contributed by atoms with Gasteiger partial charge in [-0.1, -0.05) is 18.2 Å². The van der Waals surface area contributed by atoms with Crippen LogP contribution < -0.4 is 5.73 Å². The Balaban J connectivity index is 2.28. The zero-order valence-corrected chi connectivity index (χ0v) is 10.7. The maximum absolute atomic E-state index is 11.2. The van der Waals surface area contributed by atoms with Gasteiger partial charge in [0, 0.05) is 11.6 Å². The topological polar surface area (TPSA) is 111 Å². The van der Waals surface area contributed by atoms with E-state index in [1.54, 1.807) is 18.2 Å². The molecule has 0 atom stereocenters. The number of rotatable bonds is 3. The fourth-order valence-electron chi connectivity index (χ4n) is 2.04. The van der Waals surface area contributed by atoms with Gasteiger partial charge in [0.15, 0.2) is 5.69 Å². The lowest BCUT2D eigenvalue weighted by Crippen LogP contribution is -2.09. The molecule has 0 unspecified atom stereocenters. The number of para-hydroxylation sites is 1. The monoisotopic (exact) mass is 282 g/mol. The van der Waals surface area contributed by atoms with E-state index in [9.17, 15) is 9.59 Å². The summed E-state index contributed by atoms with van der Waals surface area (Å²) in [5.74, 6) is -1.73. The number of primary amides is 1. The van der Waals surface area contributed by atoms with E-state index in [1.165, 1.54) is 23.1 Å². The molecule has 0 fully saturated rings. The number of benzene rings is 1. The molecule has 3 rings (SSSR count). The van der Waals surface area contributed by atoms with Gasteiger partial charge in [0.1, 0.15) is 0 Å². The third kappa shape index (κ3) is 2.20. The molecule has 0 bridgehead atoms. The standard InChI is InChI=1S/C14H10N4O3/c15-13(19)8-6-16-18(7-8)12-5-11(14(20)21)17-10-4-2-1-3-9(10)12/h1-7H,(H2,15,19)(H,20,21). The quantitative estimate of drug-likeness (QED) is 0.750. The largest absolute Gasteiger partial charge is 0.477 e. The first kappa shape index (κ1) is 12.8. The SMILES string of the molecule is NC(=O)c1cnn(-c2cc(C(=O)O)nc3ccccc23)c1. The van der Waals surface area contributed by atoms with Crippen LogP contribution in [0.2, 0.25) is 0 Å². The Morgan fingerprint density at radius 3 is 2.67 bits per heavy atom. The lowest BCUT2D eigenvalue weighted by atomic mass is 10.1. The van der Waals surface area contributed by atoms with Crippen molar-refractivity contribution in [3.8, 4) is 5.69 Å². The van der Waals surface area contributed by atoms with Crippen LogP contribution >= 0.6 is 0 Å². The Bertz CT molecular complexity index is 870. The Labute approximate surface area is 118 Å². The van der Waals surface area contributed by atoms with Crippen LogP contribution in [0.15, 0.2) is 42.7 Å². The van der Waals surface area contributed by atoms with Crippen LogP contribution in [0.3, 0.4) is 0 Å². The minimum absolute atomic E-state index is 0.0974. The number of hydrogen-bond donors (Lipinski definition) is 2. The molecule has 7 nitrogen and oxygen atoms in total. The highest BCUT2D eigenvalue weighted by Crippen LogP contribution is 2.22. The van der Waals surface area contributed by atoms with Crippen LogP contribution in [0, 0.1) is 0 Å². The predicted octanol–water partition coefficient (Wildman–Crippen LogP) is 1.22. The van der Waals surface area contributed by atoms with Crippen LogP contribution in [-0.2, 0) is 0 Å². The minimum Gasteiger partial charge on any atom is -0.477 e. The average Bonchev–Trinajstić information content (AvgIpc) is 2.96. The second-order valence-corrected chi connectivity index (χ2v) is 4.39. The third-order valence-corrected chi connectivity index (χ3v) is 3.03. The summed E-state index contributed by atoms with van der Waals surface area (Å²) in [5.41, 5.74) is 6.39. The van der Waals surface area contributed by atoms with Gasteiger partial charge in [-0.05, 0) is 12.1 Å². The molecule has 21 heavy (non-hydrogen) atoms. The molecule has 0 spiro atoms. The van der Waals surface area contributed by atoms with Crippen molar-refractivity contribution in [2.75, 3.05) is 0 Å². The molecule has 0 aliphatic carbocycles. The minimum atomic E-state index is -1.13. The number of pyridine rings is 1. The second-order valence-electron chi connectivity index (χ2n) is 4.39. The van der Waals surface area contributed by atoms with Crippen molar-refractivity contribution in [1.29, 1.82) is 0 Å². The number of aromatic carboxylic acids is 1. The Morgan fingerprint density at radius 2 is 2.00 bits per heavy atom. The van der Waals surface area contributed by atoms with Crippen molar-refractivity contribution < 1.29 is 14.7 Å². The molecule has 1 aromatic carbocycles. The van der Waals surface area contributed by atoms with Crippen molar-refractivity contribution in [1.82, 2.24) is 14.8 Å². The summed E-state index contributed by atoms with van der Waals surface area (Å²) in [6.07, 6.45) is 2.79. The highest BCUT2D eigenvalue weighted by atomic mass is 16.4. The average molecular weight is 282 g/mol. The number of carboxylic acids is 1. The number of fused-ring (bicyclic) bond motifs is 1. The molecule has 0 aliphatic heterocycles. The third-order valence-electron chi connectivity index (χ3n) is 3.03. The Morgan fingerprint density at radius 1 is 1.24 bits per heavy atom. The van der Waals surface area contributed by atoms with Crippen LogP contribution in [-0.4, -0.2) is 31.7 Å². The van der Waals surface area contributed by atoms with Crippen LogP contribution in [0.4, 0.5) is 0 Å². The van der Waals surface area contributed by atoms with Gasteiger partial charge in [-0.15, -0.1) is 0 Å². The van der Waals surface area contributed by atoms with Crippen molar-refractivity contribution in [3.63, 3.8) is 0 Å². The lowest BCUT2D eigenvalue weighted by molar-refractivity contribution is 0.0690. The van der Waals surface area contributed by atoms with E-state index in [2.05, 4.69) is 10.1 Å². The van der Waals surface area contributed by atoms with E-state index in [4.69, 9.17) is 10.8 Å². The number of carbonyl (C=O) groups excluding carboxylic acids is 1. The van der Waals surface area contributed by atoms with Crippen LogP contribution in [0.5, 0.6) is 0 Å². The summed E-state index contributed by atoms with van der Waals surface area (Å²) in [4.78, 5) is 26.4. The lowest BCUT2D eigenvalue weighted by Gasteiger charge is -2.07. The van der Waals surface area contributed by atoms with Crippen LogP contribution in [0.25, 0.3) is 16.6 Å². The number of amides is 1. The highest BCUT2D eigenvalue weighted by molar-refractivity contribution is 5.95. The summed E-state index contributed by atoms with van der Waals surface area (Å²) >= 11 is 0. The number of nitrogens with zero attached hydrogens (tertiary/aromatic N) is 3. The molecule has 2 heterocycles. The first-order chi connectivity index (χ1) is 10.1. The van der Waals surface area contributed by atoms with E-state index in [0.717, 1.165) is 5.39 Å². The zero-order chi connectivity index (χ0) is 15.0. The van der Waals surface area contributed by atoms with Gasteiger partial charge in [0.05, 0.1) is 23.0 Å². The zero-order valence-electron chi connectivity index (χ0n) is 10.7. The van der Waals surface area contributed by atoms with Gasteiger partial charge in [0.2, 0.25) is 0 Å². The van der Waals surface area contributed by atoms with Crippen LogP contribution in [0.1, 0.15) is 20.8 Å². The van der Waals surface area contributed by atoms with E-state index < -0.39 is 11.9 Å². The van der Waals surface area contributed by atoms with Gasteiger partial charge >= 0.3 is 5.97 Å². The first-order valence-electron chi connectivity index (χ1n) is 6.04. The highest BCUT2D eigenvalue weighted by Gasteiger charge is 2.13. The smallest absolute Gasteiger partial charge is 0.354 e. The summed E-state index contributed by atoms with van der Waals surface area (Å²) in [6.45, 7) is 0. The Hall–Kier alpha value is -3.22. The molecular weight excluding hydrogens is 272 g/mol. The first-order valence-corrected chi connectivity index (χ1v) is 6.04.